The Bertz CT molecular complexity index is 792. The topological polar surface area (TPSA) is 105 Å². The van der Waals surface area contributed by atoms with Crippen LogP contribution in [0.3, 0.4) is 0 Å². The first-order valence-corrected chi connectivity index (χ1v) is 12.0. The fourth-order valence-corrected chi connectivity index (χ4v) is 5.02. The van der Waals surface area contributed by atoms with E-state index in [4.69, 9.17) is 18.7 Å². The van der Waals surface area contributed by atoms with E-state index in [1.165, 1.54) is 13.8 Å². The zero-order valence-electron chi connectivity index (χ0n) is 18.7. The molecule has 9 heteroatoms. The first kappa shape index (κ1) is 25.0. The molecule has 2 heterocycles. The van der Waals surface area contributed by atoms with Crippen LogP contribution in [-0.2, 0) is 40.7 Å². The monoisotopic (exact) mass is 445 g/mol. The van der Waals surface area contributed by atoms with E-state index in [2.05, 4.69) is 5.16 Å². The molecule has 1 fully saturated rings. The Balaban J connectivity index is 2.00. The van der Waals surface area contributed by atoms with Gasteiger partial charge in [0.05, 0.1) is 37.7 Å². The number of carbonyl (C=O) groups excluding carboxylic acids is 1. The molecule has 1 aromatic rings. The van der Waals surface area contributed by atoms with E-state index in [1.807, 2.05) is 13.8 Å². The van der Waals surface area contributed by atoms with Crippen molar-refractivity contribution in [2.24, 2.45) is 5.92 Å². The van der Waals surface area contributed by atoms with Crippen LogP contribution in [0.1, 0.15) is 52.0 Å². The summed E-state index contributed by atoms with van der Waals surface area (Å²) in [5, 5.41) is 4.08. The second kappa shape index (κ2) is 10.3. The van der Waals surface area contributed by atoms with Crippen LogP contribution < -0.4 is 0 Å². The lowest BCUT2D eigenvalue weighted by Crippen LogP contribution is -2.44. The Hall–Kier alpha value is -1.29. The smallest absolute Gasteiger partial charge is 0.162 e. The Morgan fingerprint density at radius 3 is 2.50 bits per heavy atom. The van der Waals surface area contributed by atoms with Gasteiger partial charge in [0.2, 0.25) is 0 Å². The average molecular weight is 446 g/mol. The Morgan fingerprint density at radius 1 is 1.20 bits per heavy atom. The molecule has 0 atom stereocenters. The normalized spacial score (nSPS) is 16.7. The van der Waals surface area contributed by atoms with Crippen molar-refractivity contribution in [3.8, 4) is 0 Å². The summed E-state index contributed by atoms with van der Waals surface area (Å²) in [6.45, 7) is 9.43. The molecule has 0 spiro atoms. The molecule has 1 saturated heterocycles. The summed E-state index contributed by atoms with van der Waals surface area (Å²) in [4.78, 5) is 12.9. The van der Waals surface area contributed by atoms with Gasteiger partial charge in [-0.05, 0) is 32.6 Å². The molecule has 1 aromatic heterocycles. The van der Waals surface area contributed by atoms with Crippen LogP contribution in [0.15, 0.2) is 10.6 Å². The number of ether oxygens (including phenoxy) is 3. The van der Waals surface area contributed by atoms with Crippen molar-refractivity contribution in [3.05, 3.63) is 17.5 Å². The van der Waals surface area contributed by atoms with Crippen LogP contribution in [0.2, 0.25) is 0 Å². The number of Topliss-reactive ketones (excluding diaryl/α,β-unsaturated/α-hetero) is 1. The number of carbonyl (C=O) groups is 1. The van der Waals surface area contributed by atoms with Crippen LogP contribution in [0.5, 0.6) is 0 Å². The summed E-state index contributed by atoms with van der Waals surface area (Å²) in [5.74, 6) is -0.00452. The van der Waals surface area contributed by atoms with E-state index in [-0.39, 0.29) is 18.1 Å². The van der Waals surface area contributed by atoms with Crippen molar-refractivity contribution >= 4 is 15.6 Å². The van der Waals surface area contributed by atoms with Gasteiger partial charge in [-0.25, -0.2) is 8.42 Å². The summed E-state index contributed by atoms with van der Waals surface area (Å²) in [7, 11) is -2.01. The molecule has 0 saturated carbocycles. The Kier molecular flexibility index (Phi) is 8.61. The lowest BCUT2D eigenvalue weighted by atomic mass is 9.90. The van der Waals surface area contributed by atoms with Gasteiger partial charge >= 0.3 is 0 Å². The maximum absolute atomic E-state index is 13.0. The predicted octanol–water partition coefficient (Wildman–Crippen LogP) is 2.35. The van der Waals surface area contributed by atoms with E-state index in [1.54, 1.807) is 13.2 Å². The van der Waals surface area contributed by atoms with E-state index >= 15 is 0 Å². The highest BCUT2D eigenvalue weighted by molar-refractivity contribution is 7.93. The minimum Gasteiger partial charge on any atom is -0.382 e. The van der Waals surface area contributed by atoms with Crippen molar-refractivity contribution in [2.75, 3.05) is 45.9 Å². The number of nitrogens with zero attached hydrogens (tertiary/aromatic N) is 1. The molecular formula is C21H35NO7S. The summed E-state index contributed by atoms with van der Waals surface area (Å²) in [6, 6.07) is 1.71. The first-order chi connectivity index (χ1) is 14.0. The van der Waals surface area contributed by atoms with E-state index < -0.39 is 25.8 Å². The SMILES string of the molecule is COCCOCC(C)(C)c1cc(CC(=O)C(C)(C)S(=O)(=O)CC2CCOCC2)on1. The highest BCUT2D eigenvalue weighted by atomic mass is 32.2. The van der Waals surface area contributed by atoms with Crippen LogP contribution in [-0.4, -0.2) is 70.0 Å². The fourth-order valence-electron chi connectivity index (χ4n) is 3.24. The molecule has 1 aliphatic rings. The maximum Gasteiger partial charge on any atom is 0.162 e. The number of methoxy groups -OCH3 is 1. The molecule has 0 bridgehead atoms. The predicted molar refractivity (Wildman–Crippen MR) is 112 cm³/mol. The molecule has 2 rings (SSSR count). The molecule has 0 unspecified atom stereocenters. The van der Waals surface area contributed by atoms with Crippen molar-refractivity contribution in [1.82, 2.24) is 5.16 Å². The standard InChI is InChI=1S/C21H35NO7S/c1-20(2,15-28-11-10-26-5)18-12-17(29-22-18)13-19(23)21(3,4)30(24,25)14-16-6-8-27-9-7-16/h12,16H,6-11,13-15H2,1-5H3. The van der Waals surface area contributed by atoms with Crippen LogP contribution >= 0.6 is 0 Å². The molecule has 0 N–H and O–H groups in total. The van der Waals surface area contributed by atoms with Crippen molar-refractivity contribution in [2.45, 2.75) is 57.1 Å². The quantitative estimate of drug-likeness (QED) is 0.452. The van der Waals surface area contributed by atoms with Gasteiger partial charge in [-0.3, -0.25) is 4.79 Å². The number of hydrogen-bond donors (Lipinski definition) is 0. The zero-order valence-corrected chi connectivity index (χ0v) is 19.5. The number of rotatable bonds is 12. The van der Waals surface area contributed by atoms with Gasteiger partial charge in [0.1, 0.15) is 10.5 Å². The lowest BCUT2D eigenvalue weighted by molar-refractivity contribution is -0.120. The van der Waals surface area contributed by atoms with Gasteiger partial charge in [0.15, 0.2) is 15.6 Å². The van der Waals surface area contributed by atoms with Crippen molar-refractivity contribution in [3.63, 3.8) is 0 Å². The molecule has 1 aliphatic heterocycles. The van der Waals surface area contributed by atoms with Gasteiger partial charge in [-0.2, -0.15) is 0 Å². The molecule has 30 heavy (non-hydrogen) atoms. The third kappa shape index (κ3) is 6.35. The van der Waals surface area contributed by atoms with E-state index in [9.17, 15) is 13.2 Å². The van der Waals surface area contributed by atoms with Gasteiger partial charge < -0.3 is 18.7 Å². The fraction of sp³-hybridized carbons (Fsp3) is 0.810. The van der Waals surface area contributed by atoms with E-state index in [0.29, 0.717) is 57.3 Å². The molecule has 172 valence electrons. The van der Waals surface area contributed by atoms with Gasteiger partial charge in [-0.1, -0.05) is 19.0 Å². The van der Waals surface area contributed by atoms with E-state index in [0.717, 1.165) is 0 Å². The lowest BCUT2D eigenvalue weighted by Gasteiger charge is -2.28. The van der Waals surface area contributed by atoms with Crippen LogP contribution in [0.25, 0.3) is 0 Å². The average Bonchev–Trinajstić information content (AvgIpc) is 3.15. The third-order valence-corrected chi connectivity index (χ3v) is 8.42. The molecule has 0 aliphatic carbocycles. The zero-order chi connectivity index (χ0) is 22.4. The summed E-state index contributed by atoms with van der Waals surface area (Å²) in [5.41, 5.74) is 0.244. The van der Waals surface area contributed by atoms with Gasteiger partial charge in [-0.15, -0.1) is 0 Å². The number of aromatic nitrogens is 1. The van der Waals surface area contributed by atoms with Crippen LogP contribution in [0.4, 0.5) is 0 Å². The molecular weight excluding hydrogens is 410 g/mol. The second-order valence-electron chi connectivity index (χ2n) is 9.06. The number of hydrogen-bond acceptors (Lipinski definition) is 8. The number of ketones is 1. The Morgan fingerprint density at radius 2 is 1.87 bits per heavy atom. The minimum absolute atomic E-state index is 0.00258. The van der Waals surface area contributed by atoms with Gasteiger partial charge in [0, 0.05) is 31.8 Å². The molecule has 0 radical (unpaired) electrons. The Labute approximate surface area is 179 Å². The summed E-state index contributed by atoms with van der Waals surface area (Å²) >= 11 is 0. The summed E-state index contributed by atoms with van der Waals surface area (Å²) in [6.07, 6.45) is 1.29. The second-order valence-corrected chi connectivity index (χ2v) is 11.6. The largest absolute Gasteiger partial charge is 0.382 e. The highest BCUT2D eigenvalue weighted by Crippen LogP contribution is 2.28. The molecule has 0 aromatic carbocycles. The first-order valence-electron chi connectivity index (χ1n) is 10.4. The minimum atomic E-state index is -3.62. The van der Waals surface area contributed by atoms with Crippen LogP contribution in [0, 0.1) is 5.92 Å². The maximum atomic E-state index is 13.0. The van der Waals surface area contributed by atoms with Gasteiger partial charge in [0.25, 0.3) is 0 Å². The highest BCUT2D eigenvalue weighted by Gasteiger charge is 2.42. The van der Waals surface area contributed by atoms with Crippen molar-refractivity contribution in [1.29, 1.82) is 0 Å². The molecule has 0 amide bonds. The number of sulfone groups is 1. The third-order valence-electron chi connectivity index (χ3n) is 5.73. The summed E-state index contributed by atoms with van der Waals surface area (Å²) < 4.78 is 45.6. The van der Waals surface area contributed by atoms with Crippen molar-refractivity contribution < 1.29 is 31.9 Å². The molecule has 8 nitrogen and oxygen atoms in total.